The van der Waals surface area contributed by atoms with E-state index in [1.54, 1.807) is 0 Å². The van der Waals surface area contributed by atoms with E-state index in [4.69, 9.17) is 0 Å². The fourth-order valence-corrected chi connectivity index (χ4v) is 4.54. The smallest absolute Gasteiger partial charge is 0.228 e. The normalized spacial score (nSPS) is 19.3. The highest BCUT2D eigenvalue weighted by atomic mass is 16.2. The van der Waals surface area contributed by atoms with E-state index >= 15 is 0 Å². The SMILES string of the molecule is O=C(Nc1[nH]c2ccccc2c(=O)c1CC1CCNCC1)C1CCCCC1. The zero-order chi connectivity index (χ0) is 18.6. The molecule has 2 aliphatic rings. The molecule has 5 nitrogen and oxygen atoms in total. The van der Waals surface area contributed by atoms with Crippen molar-refractivity contribution in [2.24, 2.45) is 11.8 Å². The Kier molecular flexibility index (Phi) is 5.58. The lowest BCUT2D eigenvalue weighted by Crippen LogP contribution is -2.31. The molecule has 1 aromatic carbocycles. The van der Waals surface area contributed by atoms with Crippen LogP contribution in [0.5, 0.6) is 0 Å². The number of H-pyrrole nitrogens is 1. The molecule has 1 aliphatic carbocycles. The number of piperidine rings is 1. The quantitative estimate of drug-likeness (QED) is 0.773. The average molecular weight is 367 g/mol. The molecule has 0 spiro atoms. The van der Waals surface area contributed by atoms with Gasteiger partial charge in [-0.3, -0.25) is 9.59 Å². The van der Waals surface area contributed by atoms with Crippen molar-refractivity contribution < 1.29 is 4.79 Å². The van der Waals surface area contributed by atoms with E-state index in [2.05, 4.69) is 15.6 Å². The number of aromatic amines is 1. The van der Waals surface area contributed by atoms with Gasteiger partial charge in [0, 0.05) is 16.9 Å². The molecule has 1 saturated carbocycles. The number of pyridine rings is 1. The molecule has 1 amide bonds. The van der Waals surface area contributed by atoms with Crippen LogP contribution in [0.2, 0.25) is 0 Å². The number of fused-ring (bicyclic) bond motifs is 1. The molecule has 2 heterocycles. The van der Waals surface area contributed by atoms with Crippen molar-refractivity contribution >= 4 is 22.6 Å². The van der Waals surface area contributed by atoms with Crippen LogP contribution in [-0.2, 0) is 11.2 Å². The minimum atomic E-state index is 0.0572. The Morgan fingerprint density at radius 3 is 2.56 bits per heavy atom. The van der Waals surface area contributed by atoms with Gasteiger partial charge in [0.25, 0.3) is 0 Å². The van der Waals surface area contributed by atoms with E-state index < -0.39 is 0 Å². The molecule has 1 aromatic heterocycles. The molecule has 0 radical (unpaired) electrons. The van der Waals surface area contributed by atoms with Crippen molar-refractivity contribution in [3.8, 4) is 0 Å². The lowest BCUT2D eigenvalue weighted by molar-refractivity contribution is -0.120. The molecule has 2 aromatic rings. The third-order valence-corrected chi connectivity index (χ3v) is 6.18. The van der Waals surface area contributed by atoms with Gasteiger partial charge in [-0.05, 0) is 63.2 Å². The largest absolute Gasteiger partial charge is 0.341 e. The second-order valence-corrected chi connectivity index (χ2v) is 8.07. The van der Waals surface area contributed by atoms with Gasteiger partial charge in [-0.2, -0.15) is 0 Å². The molecular weight excluding hydrogens is 338 g/mol. The summed E-state index contributed by atoms with van der Waals surface area (Å²) in [7, 11) is 0. The first-order chi connectivity index (χ1) is 13.2. The first-order valence-electron chi connectivity index (χ1n) is 10.4. The summed E-state index contributed by atoms with van der Waals surface area (Å²) in [5, 5.41) is 7.18. The minimum Gasteiger partial charge on any atom is -0.341 e. The van der Waals surface area contributed by atoms with Gasteiger partial charge in [0.1, 0.15) is 5.82 Å². The molecule has 0 atom stereocenters. The number of hydrogen-bond acceptors (Lipinski definition) is 3. The van der Waals surface area contributed by atoms with Crippen LogP contribution in [0.25, 0.3) is 10.9 Å². The molecule has 5 heteroatoms. The lowest BCUT2D eigenvalue weighted by atomic mass is 9.88. The van der Waals surface area contributed by atoms with Crippen molar-refractivity contribution in [3.05, 3.63) is 40.1 Å². The summed E-state index contributed by atoms with van der Waals surface area (Å²) in [6.45, 7) is 2.00. The number of para-hydroxylation sites is 1. The Bertz CT molecular complexity index is 861. The first-order valence-corrected chi connectivity index (χ1v) is 10.4. The number of carbonyl (C=O) groups is 1. The molecule has 0 unspecified atom stereocenters. The van der Waals surface area contributed by atoms with Gasteiger partial charge in [0.2, 0.25) is 5.91 Å². The number of hydrogen-bond donors (Lipinski definition) is 3. The van der Waals surface area contributed by atoms with Crippen LogP contribution < -0.4 is 16.1 Å². The second-order valence-electron chi connectivity index (χ2n) is 8.07. The van der Waals surface area contributed by atoms with Crippen LogP contribution in [-0.4, -0.2) is 24.0 Å². The number of carbonyl (C=O) groups excluding carboxylic acids is 1. The molecule has 144 valence electrons. The van der Waals surface area contributed by atoms with Gasteiger partial charge in [-0.15, -0.1) is 0 Å². The van der Waals surface area contributed by atoms with Gasteiger partial charge in [-0.25, -0.2) is 0 Å². The molecule has 4 rings (SSSR count). The summed E-state index contributed by atoms with van der Waals surface area (Å²) in [5.74, 6) is 1.24. The van der Waals surface area contributed by atoms with Crippen LogP contribution in [0.1, 0.15) is 50.5 Å². The third-order valence-electron chi connectivity index (χ3n) is 6.18. The van der Waals surface area contributed by atoms with Gasteiger partial charge in [0.05, 0.1) is 5.52 Å². The molecular formula is C22H29N3O2. The summed E-state index contributed by atoms with van der Waals surface area (Å²) in [6.07, 6.45) is 8.23. The number of benzene rings is 1. The second kappa shape index (κ2) is 8.26. The highest BCUT2D eigenvalue weighted by Gasteiger charge is 2.24. The van der Waals surface area contributed by atoms with Crippen molar-refractivity contribution in [3.63, 3.8) is 0 Å². The molecule has 2 fully saturated rings. The molecule has 0 bridgehead atoms. The topological polar surface area (TPSA) is 74.0 Å². The van der Waals surface area contributed by atoms with Crippen LogP contribution in [0.3, 0.4) is 0 Å². The van der Waals surface area contributed by atoms with Gasteiger partial charge in [-0.1, -0.05) is 31.4 Å². The summed E-state index contributed by atoms with van der Waals surface area (Å²) in [4.78, 5) is 29.4. The number of anilines is 1. The fraction of sp³-hybridized carbons (Fsp3) is 0.545. The van der Waals surface area contributed by atoms with Crippen molar-refractivity contribution in [1.29, 1.82) is 0 Å². The molecule has 1 saturated heterocycles. The average Bonchev–Trinajstić information content (AvgIpc) is 2.72. The number of aromatic nitrogens is 1. The summed E-state index contributed by atoms with van der Waals surface area (Å²) in [6, 6.07) is 7.58. The van der Waals surface area contributed by atoms with E-state index in [1.807, 2.05) is 24.3 Å². The maximum Gasteiger partial charge on any atom is 0.228 e. The Morgan fingerprint density at radius 1 is 1.04 bits per heavy atom. The van der Waals surface area contributed by atoms with Crippen LogP contribution in [0.4, 0.5) is 5.82 Å². The Hall–Kier alpha value is -2.14. The monoisotopic (exact) mass is 367 g/mol. The van der Waals surface area contributed by atoms with Gasteiger partial charge >= 0.3 is 0 Å². The molecule has 27 heavy (non-hydrogen) atoms. The summed E-state index contributed by atoms with van der Waals surface area (Å²) >= 11 is 0. The fourth-order valence-electron chi connectivity index (χ4n) is 4.54. The van der Waals surface area contributed by atoms with Crippen molar-refractivity contribution in [2.45, 2.75) is 51.4 Å². The van der Waals surface area contributed by atoms with E-state index in [-0.39, 0.29) is 17.3 Å². The maximum atomic E-state index is 13.2. The highest BCUT2D eigenvalue weighted by molar-refractivity contribution is 5.94. The van der Waals surface area contributed by atoms with Crippen LogP contribution >= 0.6 is 0 Å². The predicted octanol–water partition coefficient (Wildman–Crippen LogP) is 3.59. The van der Waals surface area contributed by atoms with E-state index in [0.717, 1.165) is 69.1 Å². The van der Waals surface area contributed by atoms with E-state index in [0.29, 0.717) is 17.1 Å². The highest BCUT2D eigenvalue weighted by Crippen LogP contribution is 2.27. The van der Waals surface area contributed by atoms with Crippen LogP contribution in [0.15, 0.2) is 29.1 Å². The first kappa shape index (κ1) is 18.2. The Balaban J connectivity index is 1.66. The lowest BCUT2D eigenvalue weighted by Gasteiger charge is -2.25. The molecule has 1 aliphatic heterocycles. The number of nitrogens with one attached hydrogen (secondary N) is 3. The third kappa shape index (κ3) is 4.08. The summed E-state index contributed by atoms with van der Waals surface area (Å²) < 4.78 is 0. The van der Waals surface area contributed by atoms with Crippen molar-refractivity contribution in [2.75, 3.05) is 18.4 Å². The van der Waals surface area contributed by atoms with Gasteiger partial charge < -0.3 is 15.6 Å². The van der Waals surface area contributed by atoms with E-state index in [1.165, 1.54) is 6.42 Å². The van der Waals surface area contributed by atoms with Gasteiger partial charge in [0.15, 0.2) is 5.43 Å². The number of amides is 1. The summed E-state index contributed by atoms with van der Waals surface area (Å²) in [5.41, 5.74) is 1.59. The molecule has 3 N–H and O–H groups in total. The van der Waals surface area contributed by atoms with Crippen molar-refractivity contribution in [1.82, 2.24) is 10.3 Å². The predicted molar refractivity (Wildman–Crippen MR) is 109 cm³/mol. The number of rotatable bonds is 4. The zero-order valence-electron chi connectivity index (χ0n) is 15.9. The standard InChI is InChI=1S/C22H29N3O2/c26-20-17-8-4-5-9-19(17)24-21(18(20)14-15-10-12-23-13-11-15)25-22(27)16-6-2-1-3-7-16/h4-5,8-9,15-16,23H,1-3,6-7,10-14H2,(H2,24,25,26,27). The van der Waals surface area contributed by atoms with E-state index in [9.17, 15) is 9.59 Å². The van der Waals surface area contributed by atoms with Crippen LogP contribution in [0, 0.1) is 11.8 Å². The maximum absolute atomic E-state index is 13.2. The Morgan fingerprint density at radius 2 is 1.78 bits per heavy atom. The zero-order valence-corrected chi connectivity index (χ0v) is 15.9. The minimum absolute atomic E-state index is 0.0572. The Labute approximate surface area is 159 Å².